The van der Waals surface area contributed by atoms with Gasteiger partial charge in [-0.15, -0.1) is 5.10 Å². The lowest BCUT2D eigenvalue weighted by Crippen LogP contribution is -2.16. The van der Waals surface area contributed by atoms with E-state index in [-0.39, 0.29) is 0 Å². The van der Waals surface area contributed by atoms with Gasteiger partial charge in [0.25, 0.3) is 0 Å². The first kappa shape index (κ1) is 14.1. The Morgan fingerprint density at radius 2 is 2.12 bits per heavy atom. The number of hydrogen-bond donors (Lipinski definition) is 1. The standard InChI is InChI=1S/C11H21N3O3/c1-11(2,15)10-9-14(13-12-10)5-8-17-7-4-6-16-3/h9,15H,4-8H2,1-3H3. The average Bonchev–Trinajstić information content (AvgIpc) is 2.71. The van der Waals surface area contributed by atoms with E-state index in [0.29, 0.717) is 32.1 Å². The molecule has 1 heterocycles. The topological polar surface area (TPSA) is 69.4 Å². The molecule has 17 heavy (non-hydrogen) atoms. The van der Waals surface area contributed by atoms with Crippen LogP contribution in [0.3, 0.4) is 0 Å². The Morgan fingerprint density at radius 3 is 2.71 bits per heavy atom. The molecule has 0 aliphatic carbocycles. The molecule has 1 rings (SSSR count). The van der Waals surface area contributed by atoms with Gasteiger partial charge in [-0.3, -0.25) is 0 Å². The Bertz CT molecular complexity index is 320. The smallest absolute Gasteiger partial charge is 0.114 e. The third-order valence-corrected chi connectivity index (χ3v) is 2.27. The molecular formula is C11H21N3O3. The Labute approximate surface area is 102 Å². The SMILES string of the molecule is COCCCOCCn1cc(C(C)(C)O)nn1. The van der Waals surface area contributed by atoms with Crippen molar-refractivity contribution in [3.05, 3.63) is 11.9 Å². The second kappa shape index (κ2) is 6.68. The summed E-state index contributed by atoms with van der Waals surface area (Å²) in [5.41, 5.74) is -0.380. The van der Waals surface area contributed by atoms with Gasteiger partial charge in [-0.1, -0.05) is 5.21 Å². The maximum Gasteiger partial charge on any atom is 0.114 e. The average molecular weight is 243 g/mol. The minimum Gasteiger partial charge on any atom is -0.385 e. The van der Waals surface area contributed by atoms with E-state index >= 15 is 0 Å². The molecule has 0 saturated carbocycles. The molecule has 0 aliphatic heterocycles. The Kier molecular flexibility index (Phi) is 5.54. The second-order valence-corrected chi connectivity index (χ2v) is 4.38. The molecule has 0 amide bonds. The van der Waals surface area contributed by atoms with Gasteiger partial charge in [0.1, 0.15) is 11.3 Å². The van der Waals surface area contributed by atoms with Gasteiger partial charge in [-0.25, -0.2) is 4.68 Å². The molecule has 0 aliphatic rings. The van der Waals surface area contributed by atoms with Crippen molar-refractivity contribution in [1.29, 1.82) is 0 Å². The lowest BCUT2D eigenvalue weighted by molar-refractivity contribution is 0.0736. The quantitative estimate of drug-likeness (QED) is 0.676. The number of methoxy groups -OCH3 is 1. The Hall–Kier alpha value is -0.980. The van der Waals surface area contributed by atoms with Crippen LogP contribution in [0.1, 0.15) is 26.0 Å². The fraction of sp³-hybridized carbons (Fsp3) is 0.818. The number of hydrogen-bond acceptors (Lipinski definition) is 5. The van der Waals surface area contributed by atoms with Crippen LogP contribution in [0, 0.1) is 0 Å². The van der Waals surface area contributed by atoms with Crippen molar-refractivity contribution in [2.45, 2.75) is 32.4 Å². The summed E-state index contributed by atoms with van der Waals surface area (Å²) in [5.74, 6) is 0. The van der Waals surface area contributed by atoms with Gasteiger partial charge in [0.05, 0.1) is 19.3 Å². The third kappa shape index (κ3) is 5.25. The lowest BCUT2D eigenvalue weighted by Gasteiger charge is -2.11. The summed E-state index contributed by atoms with van der Waals surface area (Å²) >= 11 is 0. The molecule has 1 aromatic rings. The van der Waals surface area contributed by atoms with Crippen LogP contribution in [0.15, 0.2) is 6.20 Å². The van der Waals surface area contributed by atoms with Crippen LogP contribution in [0.5, 0.6) is 0 Å². The zero-order valence-electron chi connectivity index (χ0n) is 10.7. The van der Waals surface area contributed by atoms with E-state index in [9.17, 15) is 5.11 Å². The maximum atomic E-state index is 9.71. The van der Waals surface area contributed by atoms with Crippen LogP contribution in [0.2, 0.25) is 0 Å². The molecule has 0 saturated heterocycles. The van der Waals surface area contributed by atoms with Crippen molar-refractivity contribution in [2.24, 2.45) is 0 Å². The van der Waals surface area contributed by atoms with E-state index in [4.69, 9.17) is 9.47 Å². The van der Waals surface area contributed by atoms with E-state index in [1.807, 2.05) is 0 Å². The molecule has 0 unspecified atom stereocenters. The molecule has 0 spiro atoms. The van der Waals surface area contributed by atoms with Crippen LogP contribution in [-0.4, -0.2) is 47.0 Å². The van der Waals surface area contributed by atoms with E-state index in [2.05, 4.69) is 10.3 Å². The fourth-order valence-corrected chi connectivity index (χ4v) is 1.25. The summed E-state index contributed by atoms with van der Waals surface area (Å²) in [6.45, 7) is 5.98. The Morgan fingerprint density at radius 1 is 1.35 bits per heavy atom. The minimum absolute atomic E-state index is 0.567. The molecule has 6 nitrogen and oxygen atoms in total. The number of nitrogens with zero attached hydrogens (tertiary/aromatic N) is 3. The first-order valence-corrected chi connectivity index (χ1v) is 5.73. The zero-order chi connectivity index (χ0) is 12.7. The summed E-state index contributed by atoms with van der Waals surface area (Å²) < 4.78 is 12.0. The van der Waals surface area contributed by atoms with Crippen molar-refractivity contribution in [3.8, 4) is 0 Å². The van der Waals surface area contributed by atoms with Gasteiger partial charge in [-0.05, 0) is 20.3 Å². The van der Waals surface area contributed by atoms with Crippen LogP contribution in [0.4, 0.5) is 0 Å². The molecule has 1 N–H and O–H groups in total. The molecular weight excluding hydrogens is 222 g/mol. The van der Waals surface area contributed by atoms with E-state index in [1.54, 1.807) is 31.8 Å². The maximum absolute atomic E-state index is 9.71. The van der Waals surface area contributed by atoms with Gasteiger partial charge >= 0.3 is 0 Å². The number of ether oxygens (including phenoxy) is 2. The van der Waals surface area contributed by atoms with Crippen molar-refractivity contribution < 1.29 is 14.6 Å². The highest BCUT2D eigenvalue weighted by Crippen LogP contribution is 2.15. The van der Waals surface area contributed by atoms with Gasteiger partial charge in [0.2, 0.25) is 0 Å². The number of aliphatic hydroxyl groups is 1. The monoisotopic (exact) mass is 243 g/mol. The van der Waals surface area contributed by atoms with Crippen molar-refractivity contribution in [3.63, 3.8) is 0 Å². The van der Waals surface area contributed by atoms with Crippen molar-refractivity contribution in [1.82, 2.24) is 15.0 Å². The highest BCUT2D eigenvalue weighted by molar-refractivity contribution is 5.02. The molecule has 0 bridgehead atoms. The predicted octanol–water partition coefficient (Wildman–Crippen LogP) is 0.559. The summed E-state index contributed by atoms with van der Waals surface area (Å²) in [5, 5.41) is 17.5. The van der Waals surface area contributed by atoms with E-state index < -0.39 is 5.60 Å². The fourth-order valence-electron chi connectivity index (χ4n) is 1.25. The number of aromatic nitrogens is 3. The minimum atomic E-state index is -0.947. The molecule has 0 aromatic carbocycles. The van der Waals surface area contributed by atoms with Gasteiger partial charge < -0.3 is 14.6 Å². The van der Waals surface area contributed by atoms with Crippen LogP contribution in [0.25, 0.3) is 0 Å². The van der Waals surface area contributed by atoms with Gasteiger partial charge in [0, 0.05) is 20.3 Å². The van der Waals surface area contributed by atoms with Crippen LogP contribution < -0.4 is 0 Å². The van der Waals surface area contributed by atoms with E-state index in [0.717, 1.165) is 6.42 Å². The normalized spacial score (nSPS) is 12.0. The van der Waals surface area contributed by atoms with E-state index in [1.165, 1.54) is 0 Å². The Balaban J connectivity index is 2.21. The lowest BCUT2D eigenvalue weighted by atomic mass is 10.1. The van der Waals surface area contributed by atoms with Crippen LogP contribution >= 0.6 is 0 Å². The molecule has 0 radical (unpaired) electrons. The summed E-state index contributed by atoms with van der Waals surface area (Å²) in [6, 6.07) is 0. The highest BCUT2D eigenvalue weighted by atomic mass is 16.5. The van der Waals surface area contributed by atoms with Gasteiger partial charge in [0.15, 0.2) is 0 Å². The zero-order valence-corrected chi connectivity index (χ0v) is 10.7. The highest BCUT2D eigenvalue weighted by Gasteiger charge is 2.19. The summed E-state index contributed by atoms with van der Waals surface area (Å²) in [4.78, 5) is 0. The molecule has 98 valence electrons. The van der Waals surface area contributed by atoms with Crippen molar-refractivity contribution in [2.75, 3.05) is 26.9 Å². The first-order chi connectivity index (χ1) is 8.04. The number of rotatable bonds is 8. The molecule has 1 aromatic heterocycles. The van der Waals surface area contributed by atoms with Crippen LogP contribution in [-0.2, 0) is 21.6 Å². The van der Waals surface area contributed by atoms with Gasteiger partial charge in [-0.2, -0.15) is 0 Å². The molecule has 0 atom stereocenters. The molecule has 6 heteroatoms. The summed E-state index contributed by atoms with van der Waals surface area (Å²) in [6.07, 6.45) is 2.63. The third-order valence-electron chi connectivity index (χ3n) is 2.27. The summed E-state index contributed by atoms with van der Waals surface area (Å²) in [7, 11) is 1.67. The largest absolute Gasteiger partial charge is 0.385 e. The van der Waals surface area contributed by atoms with Crippen molar-refractivity contribution >= 4 is 0 Å². The predicted molar refractivity (Wildman–Crippen MR) is 62.6 cm³/mol. The second-order valence-electron chi connectivity index (χ2n) is 4.38. The first-order valence-electron chi connectivity index (χ1n) is 5.73. The molecule has 0 fully saturated rings.